The van der Waals surface area contributed by atoms with Gasteiger partial charge in [0.05, 0.1) is 30.8 Å². The fourth-order valence-electron chi connectivity index (χ4n) is 3.00. The molecule has 3 rings (SSSR count). The van der Waals surface area contributed by atoms with Gasteiger partial charge in [0.25, 0.3) is 5.92 Å². The first kappa shape index (κ1) is 16.1. The normalized spacial score (nSPS) is 19.8. The Morgan fingerprint density at radius 1 is 1.38 bits per heavy atom. The van der Waals surface area contributed by atoms with Crippen LogP contribution in [0.4, 0.5) is 14.5 Å². The van der Waals surface area contributed by atoms with Crippen LogP contribution in [0.2, 0.25) is 0 Å². The van der Waals surface area contributed by atoms with Gasteiger partial charge in [0.2, 0.25) is 0 Å². The summed E-state index contributed by atoms with van der Waals surface area (Å²) in [5.41, 5.74) is 1.44. The number of halogens is 2. The molecular formula is C16H14F2N4O2. The molecule has 124 valence electrons. The number of alkyl halides is 2. The number of fused-ring (bicyclic) bond motifs is 1. The Morgan fingerprint density at radius 3 is 2.75 bits per heavy atom. The standard InChI is InChI=1S/C16H14F2N4O2/c1-24-15(23)11-6-16(17,18)9-22(8-11)12-3-2-10(7-19)13-14(12)21-5-4-20-13/h2-5,11H,6,8-9H2,1H3. The highest BCUT2D eigenvalue weighted by Crippen LogP contribution is 2.36. The monoisotopic (exact) mass is 332 g/mol. The molecule has 0 spiro atoms. The van der Waals surface area contributed by atoms with E-state index in [1.165, 1.54) is 30.5 Å². The van der Waals surface area contributed by atoms with Crippen LogP contribution in [-0.4, -0.2) is 42.1 Å². The second-order valence-electron chi connectivity index (χ2n) is 5.66. The zero-order valence-corrected chi connectivity index (χ0v) is 12.9. The maximum Gasteiger partial charge on any atom is 0.310 e. The first-order valence-electron chi connectivity index (χ1n) is 7.29. The summed E-state index contributed by atoms with van der Waals surface area (Å²) in [6.45, 7) is -0.433. The van der Waals surface area contributed by atoms with Gasteiger partial charge in [-0.3, -0.25) is 14.8 Å². The molecule has 2 aromatic rings. The van der Waals surface area contributed by atoms with Crippen molar-refractivity contribution in [3.63, 3.8) is 0 Å². The molecule has 1 aromatic carbocycles. The molecule has 0 saturated carbocycles. The lowest BCUT2D eigenvalue weighted by molar-refractivity contribution is -0.150. The van der Waals surface area contributed by atoms with Crippen LogP contribution in [0.5, 0.6) is 0 Å². The van der Waals surface area contributed by atoms with Gasteiger partial charge in [0.1, 0.15) is 17.1 Å². The summed E-state index contributed by atoms with van der Waals surface area (Å²) in [4.78, 5) is 21.5. The summed E-state index contributed by atoms with van der Waals surface area (Å²) in [5.74, 6) is -4.62. The molecule has 2 heterocycles. The van der Waals surface area contributed by atoms with Gasteiger partial charge in [0.15, 0.2) is 0 Å². The second-order valence-corrected chi connectivity index (χ2v) is 5.66. The molecule has 1 aliphatic heterocycles. The zero-order valence-electron chi connectivity index (χ0n) is 12.9. The van der Waals surface area contributed by atoms with Gasteiger partial charge in [-0.25, -0.2) is 8.78 Å². The van der Waals surface area contributed by atoms with Crippen molar-refractivity contribution in [1.82, 2.24) is 9.97 Å². The third kappa shape index (κ3) is 2.85. The van der Waals surface area contributed by atoms with Gasteiger partial charge in [0, 0.05) is 25.4 Å². The summed E-state index contributed by atoms with van der Waals surface area (Å²) in [6, 6.07) is 5.09. The van der Waals surface area contributed by atoms with Crippen LogP contribution in [0.1, 0.15) is 12.0 Å². The van der Waals surface area contributed by atoms with E-state index in [9.17, 15) is 13.6 Å². The average molecular weight is 332 g/mol. The largest absolute Gasteiger partial charge is 0.469 e. The van der Waals surface area contributed by atoms with Crippen molar-refractivity contribution in [2.75, 3.05) is 25.1 Å². The predicted molar refractivity (Wildman–Crippen MR) is 81.5 cm³/mol. The molecule has 1 aromatic heterocycles. The van der Waals surface area contributed by atoms with Gasteiger partial charge in [-0.05, 0) is 12.1 Å². The average Bonchev–Trinajstić information content (AvgIpc) is 2.58. The number of piperidine rings is 1. The number of carbonyl (C=O) groups excluding carboxylic acids is 1. The third-order valence-electron chi connectivity index (χ3n) is 4.01. The number of carbonyl (C=O) groups is 1. The van der Waals surface area contributed by atoms with E-state index in [-0.39, 0.29) is 6.54 Å². The van der Waals surface area contributed by atoms with Crippen molar-refractivity contribution in [1.29, 1.82) is 5.26 Å². The molecule has 0 radical (unpaired) electrons. The van der Waals surface area contributed by atoms with Crippen LogP contribution in [-0.2, 0) is 9.53 Å². The van der Waals surface area contributed by atoms with E-state index in [1.807, 2.05) is 6.07 Å². The van der Waals surface area contributed by atoms with Gasteiger partial charge in [-0.15, -0.1) is 0 Å². The molecular weight excluding hydrogens is 318 g/mol. The van der Waals surface area contributed by atoms with Crippen LogP contribution in [0, 0.1) is 17.2 Å². The number of methoxy groups -OCH3 is 1. The third-order valence-corrected chi connectivity index (χ3v) is 4.01. The quantitative estimate of drug-likeness (QED) is 0.784. The summed E-state index contributed by atoms with van der Waals surface area (Å²) < 4.78 is 32.8. The molecule has 1 atom stereocenters. The fourth-order valence-corrected chi connectivity index (χ4v) is 3.00. The van der Waals surface area contributed by atoms with Crippen molar-refractivity contribution in [2.24, 2.45) is 5.92 Å². The van der Waals surface area contributed by atoms with Gasteiger partial charge >= 0.3 is 5.97 Å². The molecule has 1 saturated heterocycles. The number of ether oxygens (including phenoxy) is 1. The first-order valence-corrected chi connectivity index (χ1v) is 7.29. The molecule has 0 N–H and O–H groups in total. The number of nitrogens with zero attached hydrogens (tertiary/aromatic N) is 4. The lowest BCUT2D eigenvalue weighted by atomic mass is 9.94. The lowest BCUT2D eigenvalue weighted by Crippen LogP contribution is -2.49. The summed E-state index contributed by atoms with van der Waals surface area (Å²) in [7, 11) is 1.18. The van der Waals surface area contributed by atoms with E-state index in [0.717, 1.165) is 0 Å². The molecule has 1 aliphatic rings. The number of benzene rings is 1. The minimum atomic E-state index is -3.03. The number of aromatic nitrogens is 2. The van der Waals surface area contributed by atoms with Crippen molar-refractivity contribution in [2.45, 2.75) is 12.3 Å². The Morgan fingerprint density at radius 2 is 2.08 bits per heavy atom. The van der Waals surface area contributed by atoms with E-state index in [0.29, 0.717) is 22.3 Å². The Hall–Kier alpha value is -2.82. The van der Waals surface area contributed by atoms with Crippen LogP contribution >= 0.6 is 0 Å². The smallest absolute Gasteiger partial charge is 0.310 e. The maximum absolute atomic E-state index is 14.1. The molecule has 8 heteroatoms. The molecule has 0 bridgehead atoms. The second kappa shape index (κ2) is 6.00. The molecule has 1 unspecified atom stereocenters. The highest BCUT2D eigenvalue weighted by atomic mass is 19.3. The highest BCUT2D eigenvalue weighted by Gasteiger charge is 2.44. The number of hydrogen-bond acceptors (Lipinski definition) is 6. The molecule has 6 nitrogen and oxygen atoms in total. The number of nitriles is 1. The van der Waals surface area contributed by atoms with E-state index in [4.69, 9.17) is 5.26 Å². The number of anilines is 1. The van der Waals surface area contributed by atoms with E-state index in [2.05, 4.69) is 14.7 Å². The SMILES string of the molecule is COC(=O)C1CN(c2ccc(C#N)c3nccnc23)CC(F)(F)C1. The summed E-state index contributed by atoms with van der Waals surface area (Å²) in [6.07, 6.45) is 2.33. The first-order chi connectivity index (χ1) is 11.4. The zero-order chi connectivity index (χ0) is 17.3. The molecule has 24 heavy (non-hydrogen) atoms. The van der Waals surface area contributed by atoms with Gasteiger partial charge in [-0.1, -0.05) is 0 Å². The maximum atomic E-state index is 14.1. The summed E-state index contributed by atoms with van der Waals surface area (Å²) >= 11 is 0. The van der Waals surface area contributed by atoms with Crippen LogP contribution < -0.4 is 4.90 Å². The van der Waals surface area contributed by atoms with E-state index >= 15 is 0 Å². The molecule has 0 aliphatic carbocycles. The van der Waals surface area contributed by atoms with E-state index < -0.39 is 30.8 Å². The Kier molecular flexibility index (Phi) is 4.01. The Bertz CT molecular complexity index is 834. The summed E-state index contributed by atoms with van der Waals surface area (Å²) in [5, 5.41) is 9.15. The fraction of sp³-hybridized carbons (Fsp3) is 0.375. The van der Waals surface area contributed by atoms with Crippen LogP contribution in [0.25, 0.3) is 11.0 Å². The number of hydrogen-bond donors (Lipinski definition) is 0. The van der Waals surface area contributed by atoms with Crippen molar-refractivity contribution in [3.05, 3.63) is 30.1 Å². The Balaban J connectivity index is 2.06. The van der Waals surface area contributed by atoms with Crippen LogP contribution in [0.15, 0.2) is 24.5 Å². The minimum absolute atomic E-state index is 0.0971. The van der Waals surface area contributed by atoms with Gasteiger partial charge in [-0.2, -0.15) is 5.26 Å². The van der Waals surface area contributed by atoms with Crippen LogP contribution in [0.3, 0.4) is 0 Å². The van der Waals surface area contributed by atoms with E-state index in [1.54, 1.807) is 6.07 Å². The lowest BCUT2D eigenvalue weighted by Gasteiger charge is -2.38. The number of esters is 1. The van der Waals surface area contributed by atoms with Crippen molar-refractivity contribution < 1.29 is 18.3 Å². The Labute approximate surface area is 136 Å². The highest BCUT2D eigenvalue weighted by molar-refractivity contribution is 5.92. The number of rotatable bonds is 2. The van der Waals surface area contributed by atoms with Crippen molar-refractivity contribution in [3.8, 4) is 6.07 Å². The predicted octanol–water partition coefficient (Wildman–Crippen LogP) is 2.14. The minimum Gasteiger partial charge on any atom is -0.469 e. The van der Waals surface area contributed by atoms with Crippen molar-refractivity contribution >= 4 is 22.7 Å². The molecule has 1 fully saturated rings. The topological polar surface area (TPSA) is 79.1 Å². The molecule has 0 amide bonds. The van der Waals surface area contributed by atoms with Gasteiger partial charge < -0.3 is 9.64 Å².